The first-order valence-corrected chi connectivity index (χ1v) is 4.84. The van der Waals surface area contributed by atoms with Crippen molar-refractivity contribution in [2.45, 2.75) is 6.42 Å². The van der Waals surface area contributed by atoms with Gasteiger partial charge in [-0.1, -0.05) is 24.3 Å². The SMILES string of the molecule is c1ccc2c(c1)Cc1scnc1-2. The molecule has 3 rings (SSSR count). The molecule has 58 valence electrons. The molecule has 1 aromatic heterocycles. The van der Waals surface area contributed by atoms with Crippen LogP contribution in [0.25, 0.3) is 11.3 Å². The third kappa shape index (κ3) is 0.703. The van der Waals surface area contributed by atoms with Gasteiger partial charge < -0.3 is 0 Å². The van der Waals surface area contributed by atoms with Gasteiger partial charge >= 0.3 is 0 Å². The molecule has 12 heavy (non-hydrogen) atoms. The normalized spacial score (nSPS) is 12.7. The lowest BCUT2D eigenvalue weighted by molar-refractivity contribution is 1.31. The number of rotatable bonds is 0. The number of fused-ring (bicyclic) bond motifs is 3. The predicted molar refractivity (Wildman–Crippen MR) is 50.4 cm³/mol. The Morgan fingerprint density at radius 1 is 1.25 bits per heavy atom. The van der Waals surface area contributed by atoms with Gasteiger partial charge in [0.25, 0.3) is 0 Å². The van der Waals surface area contributed by atoms with Crippen molar-refractivity contribution in [1.82, 2.24) is 4.98 Å². The lowest BCUT2D eigenvalue weighted by atomic mass is 10.1. The zero-order valence-electron chi connectivity index (χ0n) is 6.45. The highest BCUT2D eigenvalue weighted by atomic mass is 32.1. The van der Waals surface area contributed by atoms with Crippen molar-refractivity contribution in [3.05, 3.63) is 40.2 Å². The Hall–Kier alpha value is -1.15. The Kier molecular flexibility index (Phi) is 1.15. The molecular weight excluding hydrogens is 166 g/mol. The van der Waals surface area contributed by atoms with Crippen LogP contribution in [0.15, 0.2) is 29.8 Å². The van der Waals surface area contributed by atoms with Gasteiger partial charge in [-0.3, -0.25) is 0 Å². The van der Waals surface area contributed by atoms with Crippen LogP contribution in [0.3, 0.4) is 0 Å². The highest BCUT2D eigenvalue weighted by Gasteiger charge is 2.19. The number of hydrogen-bond donors (Lipinski definition) is 0. The van der Waals surface area contributed by atoms with Gasteiger partial charge in [0, 0.05) is 16.9 Å². The average Bonchev–Trinajstić information content (AvgIpc) is 2.62. The van der Waals surface area contributed by atoms with Crippen LogP contribution >= 0.6 is 11.3 Å². The number of thiazole rings is 1. The number of benzene rings is 1. The van der Waals surface area contributed by atoms with Gasteiger partial charge in [-0.25, -0.2) is 4.98 Å². The largest absolute Gasteiger partial charge is 0.244 e. The Labute approximate surface area is 74.7 Å². The monoisotopic (exact) mass is 173 g/mol. The highest BCUT2D eigenvalue weighted by Crippen LogP contribution is 2.37. The fraction of sp³-hybridized carbons (Fsp3) is 0.100. The molecular formula is C10H7NS. The number of hydrogen-bond acceptors (Lipinski definition) is 2. The second-order valence-electron chi connectivity index (χ2n) is 2.96. The van der Waals surface area contributed by atoms with Gasteiger partial charge in [-0.15, -0.1) is 11.3 Å². The van der Waals surface area contributed by atoms with E-state index in [-0.39, 0.29) is 0 Å². The van der Waals surface area contributed by atoms with E-state index in [2.05, 4.69) is 29.2 Å². The predicted octanol–water partition coefficient (Wildman–Crippen LogP) is 2.71. The quantitative estimate of drug-likeness (QED) is 0.509. The van der Waals surface area contributed by atoms with Crippen LogP contribution in [0, 0.1) is 0 Å². The molecule has 0 spiro atoms. The van der Waals surface area contributed by atoms with Crippen LogP contribution in [0.2, 0.25) is 0 Å². The fourth-order valence-electron chi connectivity index (χ4n) is 1.69. The Morgan fingerprint density at radius 3 is 3.17 bits per heavy atom. The third-order valence-corrected chi connectivity index (χ3v) is 3.10. The van der Waals surface area contributed by atoms with Gasteiger partial charge in [0.05, 0.1) is 11.2 Å². The van der Waals surface area contributed by atoms with E-state index in [1.165, 1.54) is 21.7 Å². The number of nitrogens with zero attached hydrogens (tertiary/aromatic N) is 1. The van der Waals surface area contributed by atoms with Crippen molar-refractivity contribution < 1.29 is 0 Å². The number of aromatic nitrogens is 1. The van der Waals surface area contributed by atoms with Gasteiger partial charge in [0.15, 0.2) is 0 Å². The first kappa shape index (κ1) is 6.38. The second-order valence-corrected chi connectivity index (χ2v) is 3.90. The Bertz CT molecular complexity index is 431. The molecule has 0 N–H and O–H groups in total. The topological polar surface area (TPSA) is 12.9 Å². The van der Waals surface area contributed by atoms with Gasteiger partial charge in [-0.2, -0.15) is 0 Å². The Morgan fingerprint density at radius 2 is 2.17 bits per heavy atom. The first-order valence-electron chi connectivity index (χ1n) is 3.96. The maximum atomic E-state index is 4.36. The molecule has 0 atom stereocenters. The van der Waals surface area contributed by atoms with Crippen LogP contribution in [0.4, 0.5) is 0 Å². The molecule has 1 aliphatic rings. The van der Waals surface area contributed by atoms with Crippen molar-refractivity contribution in [2.75, 3.05) is 0 Å². The summed E-state index contributed by atoms with van der Waals surface area (Å²) in [6.07, 6.45) is 1.08. The molecule has 2 aromatic rings. The van der Waals surface area contributed by atoms with Crippen LogP contribution in [0.1, 0.15) is 10.4 Å². The minimum atomic E-state index is 1.08. The molecule has 1 aliphatic carbocycles. The van der Waals surface area contributed by atoms with E-state index in [4.69, 9.17) is 0 Å². The standard InChI is InChI=1S/C10H7NS/c1-2-4-8-7(3-1)5-9-10(8)11-6-12-9/h1-4,6H,5H2. The molecule has 0 aliphatic heterocycles. The summed E-state index contributed by atoms with van der Waals surface area (Å²) in [6, 6.07) is 8.51. The summed E-state index contributed by atoms with van der Waals surface area (Å²) in [5.74, 6) is 0. The van der Waals surface area contributed by atoms with Crippen molar-refractivity contribution in [2.24, 2.45) is 0 Å². The molecule has 0 radical (unpaired) electrons. The summed E-state index contributed by atoms with van der Waals surface area (Å²) in [5.41, 5.74) is 5.89. The van der Waals surface area contributed by atoms with E-state index in [1.54, 1.807) is 11.3 Å². The van der Waals surface area contributed by atoms with Crippen LogP contribution < -0.4 is 0 Å². The summed E-state index contributed by atoms with van der Waals surface area (Å²) >= 11 is 1.76. The first-order chi connectivity index (χ1) is 5.95. The molecule has 0 saturated carbocycles. The summed E-state index contributed by atoms with van der Waals surface area (Å²) in [5, 5.41) is 0. The average molecular weight is 173 g/mol. The van der Waals surface area contributed by atoms with Crippen LogP contribution in [0.5, 0.6) is 0 Å². The molecule has 0 amide bonds. The van der Waals surface area contributed by atoms with Crippen molar-refractivity contribution >= 4 is 11.3 Å². The maximum Gasteiger partial charge on any atom is 0.0849 e. The summed E-state index contributed by atoms with van der Waals surface area (Å²) in [6.45, 7) is 0. The fourth-order valence-corrected chi connectivity index (χ4v) is 2.49. The van der Waals surface area contributed by atoms with Gasteiger partial charge in [-0.05, 0) is 5.56 Å². The van der Waals surface area contributed by atoms with Crippen LogP contribution in [-0.4, -0.2) is 4.98 Å². The molecule has 0 unspecified atom stereocenters. The van der Waals surface area contributed by atoms with E-state index in [1.807, 2.05) is 5.51 Å². The molecule has 0 fully saturated rings. The van der Waals surface area contributed by atoms with Crippen molar-refractivity contribution in [1.29, 1.82) is 0 Å². The maximum absolute atomic E-state index is 4.36. The van der Waals surface area contributed by atoms with Crippen molar-refractivity contribution in [3.8, 4) is 11.3 Å². The van der Waals surface area contributed by atoms with Crippen molar-refractivity contribution in [3.63, 3.8) is 0 Å². The summed E-state index contributed by atoms with van der Waals surface area (Å²) in [7, 11) is 0. The summed E-state index contributed by atoms with van der Waals surface area (Å²) < 4.78 is 0. The molecule has 2 heteroatoms. The van der Waals surface area contributed by atoms with Gasteiger partial charge in [0.1, 0.15) is 0 Å². The van der Waals surface area contributed by atoms with E-state index >= 15 is 0 Å². The lowest BCUT2D eigenvalue weighted by Gasteiger charge is -1.94. The Balaban J connectivity index is 2.34. The molecule has 0 bridgehead atoms. The van der Waals surface area contributed by atoms with E-state index in [9.17, 15) is 0 Å². The highest BCUT2D eigenvalue weighted by molar-refractivity contribution is 7.10. The van der Waals surface area contributed by atoms with E-state index in [0.29, 0.717) is 0 Å². The van der Waals surface area contributed by atoms with Crippen LogP contribution in [-0.2, 0) is 6.42 Å². The smallest absolute Gasteiger partial charge is 0.0849 e. The molecule has 0 saturated heterocycles. The minimum absolute atomic E-state index is 1.08. The zero-order chi connectivity index (χ0) is 7.97. The van der Waals surface area contributed by atoms with Gasteiger partial charge in [0.2, 0.25) is 0 Å². The lowest BCUT2D eigenvalue weighted by Crippen LogP contribution is -1.77. The van der Waals surface area contributed by atoms with E-state index < -0.39 is 0 Å². The minimum Gasteiger partial charge on any atom is -0.244 e. The zero-order valence-corrected chi connectivity index (χ0v) is 7.27. The molecule has 1 nitrogen and oxygen atoms in total. The third-order valence-electron chi connectivity index (χ3n) is 2.26. The summed E-state index contributed by atoms with van der Waals surface area (Å²) in [4.78, 5) is 5.77. The van der Waals surface area contributed by atoms with E-state index in [0.717, 1.165) is 6.42 Å². The molecule has 1 heterocycles. The molecule has 1 aromatic carbocycles. The second kappa shape index (κ2) is 2.17.